The summed E-state index contributed by atoms with van der Waals surface area (Å²) in [5, 5.41) is 2.98. The average molecular weight is 401 g/mol. The SMILES string of the molecule is Cc1ccc(CNC(=O)C(C)N2CCN(CCCOCC(F)(F)F)CC2)cc1. The summed E-state index contributed by atoms with van der Waals surface area (Å²) in [6, 6.07) is 7.87. The predicted molar refractivity (Wildman–Crippen MR) is 102 cm³/mol. The van der Waals surface area contributed by atoms with Crippen LogP contribution in [0.25, 0.3) is 0 Å². The maximum absolute atomic E-state index is 12.4. The molecule has 2 rings (SSSR count). The highest BCUT2D eigenvalue weighted by molar-refractivity contribution is 5.81. The van der Waals surface area contributed by atoms with Gasteiger partial charge in [-0.05, 0) is 25.8 Å². The maximum atomic E-state index is 12.4. The van der Waals surface area contributed by atoms with E-state index in [-0.39, 0.29) is 18.6 Å². The number of amides is 1. The zero-order chi connectivity index (χ0) is 20.6. The number of carbonyl (C=O) groups is 1. The first kappa shape index (κ1) is 22.6. The van der Waals surface area contributed by atoms with Gasteiger partial charge in [-0.3, -0.25) is 9.69 Å². The Morgan fingerprint density at radius 3 is 2.43 bits per heavy atom. The van der Waals surface area contributed by atoms with Crippen LogP contribution in [0, 0.1) is 6.92 Å². The molecule has 1 amide bonds. The van der Waals surface area contributed by atoms with Crippen LogP contribution in [0.1, 0.15) is 24.5 Å². The Morgan fingerprint density at radius 2 is 1.82 bits per heavy atom. The van der Waals surface area contributed by atoms with Crippen LogP contribution in [0.2, 0.25) is 0 Å². The molecule has 1 aliphatic heterocycles. The Kier molecular flexibility index (Phi) is 8.72. The molecule has 0 spiro atoms. The molecular weight excluding hydrogens is 371 g/mol. The van der Waals surface area contributed by atoms with Crippen molar-refractivity contribution < 1.29 is 22.7 Å². The zero-order valence-electron chi connectivity index (χ0n) is 16.6. The van der Waals surface area contributed by atoms with Crippen molar-refractivity contribution >= 4 is 5.91 Å². The highest BCUT2D eigenvalue weighted by Crippen LogP contribution is 2.14. The van der Waals surface area contributed by atoms with Gasteiger partial charge in [0, 0.05) is 45.9 Å². The molecule has 1 saturated heterocycles. The number of hydrogen-bond acceptors (Lipinski definition) is 4. The van der Waals surface area contributed by atoms with Crippen molar-refractivity contribution in [3.05, 3.63) is 35.4 Å². The number of nitrogens with zero attached hydrogens (tertiary/aromatic N) is 2. The van der Waals surface area contributed by atoms with Gasteiger partial charge < -0.3 is 15.0 Å². The highest BCUT2D eigenvalue weighted by atomic mass is 19.4. The van der Waals surface area contributed by atoms with Crippen LogP contribution in [0.4, 0.5) is 13.2 Å². The average Bonchev–Trinajstić information content (AvgIpc) is 2.66. The van der Waals surface area contributed by atoms with Crippen LogP contribution < -0.4 is 5.32 Å². The number of nitrogens with one attached hydrogen (secondary N) is 1. The van der Waals surface area contributed by atoms with E-state index in [0.717, 1.165) is 31.7 Å². The molecule has 1 aromatic carbocycles. The smallest absolute Gasteiger partial charge is 0.372 e. The minimum atomic E-state index is -4.26. The van der Waals surface area contributed by atoms with E-state index in [2.05, 4.69) is 19.9 Å². The summed E-state index contributed by atoms with van der Waals surface area (Å²) in [7, 11) is 0. The van der Waals surface area contributed by atoms with E-state index in [0.29, 0.717) is 19.5 Å². The van der Waals surface area contributed by atoms with Gasteiger partial charge in [-0.15, -0.1) is 0 Å². The fourth-order valence-corrected chi connectivity index (χ4v) is 3.16. The molecule has 1 atom stereocenters. The molecule has 1 aliphatic rings. The zero-order valence-corrected chi connectivity index (χ0v) is 16.6. The molecule has 0 radical (unpaired) electrons. The summed E-state index contributed by atoms with van der Waals surface area (Å²) in [6.45, 7) is 7.22. The Balaban J connectivity index is 1.62. The lowest BCUT2D eigenvalue weighted by molar-refractivity contribution is -0.174. The van der Waals surface area contributed by atoms with Gasteiger partial charge in [0.2, 0.25) is 5.91 Å². The fourth-order valence-electron chi connectivity index (χ4n) is 3.16. The fraction of sp³-hybridized carbons (Fsp3) is 0.650. The Labute approximate surface area is 164 Å². The summed E-state index contributed by atoms with van der Waals surface area (Å²) in [5.41, 5.74) is 2.26. The standard InChI is InChI=1S/C20H30F3N3O2/c1-16-4-6-18(7-5-16)14-24-19(27)17(2)26-11-9-25(10-12-26)8-3-13-28-15-20(21,22)23/h4-7,17H,3,8-15H2,1-2H3,(H,24,27). The number of rotatable bonds is 9. The Bertz CT molecular complexity index is 600. The molecule has 1 N–H and O–H groups in total. The molecule has 0 aliphatic carbocycles. The third-order valence-corrected chi connectivity index (χ3v) is 4.95. The van der Waals surface area contributed by atoms with Crippen LogP contribution in [0.3, 0.4) is 0 Å². The Hall–Kier alpha value is -1.64. The molecule has 0 bridgehead atoms. The number of hydrogen-bond donors (Lipinski definition) is 1. The lowest BCUT2D eigenvalue weighted by Gasteiger charge is -2.37. The van der Waals surface area contributed by atoms with Gasteiger partial charge in [-0.1, -0.05) is 29.8 Å². The predicted octanol–water partition coefficient (Wildman–Crippen LogP) is 2.59. The van der Waals surface area contributed by atoms with Crippen LogP contribution in [0.15, 0.2) is 24.3 Å². The normalized spacial score (nSPS) is 17.5. The molecule has 1 fully saturated rings. The summed E-state index contributed by atoms with van der Waals surface area (Å²) in [5.74, 6) is 0.00887. The van der Waals surface area contributed by atoms with E-state index in [1.54, 1.807) is 0 Å². The Morgan fingerprint density at radius 1 is 1.18 bits per heavy atom. The van der Waals surface area contributed by atoms with Gasteiger partial charge in [0.15, 0.2) is 0 Å². The maximum Gasteiger partial charge on any atom is 0.411 e. The topological polar surface area (TPSA) is 44.8 Å². The van der Waals surface area contributed by atoms with E-state index >= 15 is 0 Å². The molecule has 158 valence electrons. The van der Waals surface area contributed by atoms with E-state index in [1.165, 1.54) is 5.56 Å². The monoisotopic (exact) mass is 401 g/mol. The number of benzene rings is 1. The van der Waals surface area contributed by atoms with E-state index in [4.69, 9.17) is 0 Å². The number of alkyl halides is 3. The molecule has 0 saturated carbocycles. The van der Waals surface area contributed by atoms with Crippen molar-refractivity contribution in [3.63, 3.8) is 0 Å². The molecule has 28 heavy (non-hydrogen) atoms. The summed E-state index contributed by atoms with van der Waals surface area (Å²) < 4.78 is 40.7. The van der Waals surface area contributed by atoms with Crippen LogP contribution >= 0.6 is 0 Å². The minimum Gasteiger partial charge on any atom is -0.372 e. The second kappa shape index (κ2) is 10.8. The molecule has 1 aromatic rings. The van der Waals surface area contributed by atoms with Gasteiger partial charge in [0.1, 0.15) is 6.61 Å². The van der Waals surface area contributed by atoms with Gasteiger partial charge in [0.25, 0.3) is 0 Å². The lowest BCUT2D eigenvalue weighted by atomic mass is 10.1. The van der Waals surface area contributed by atoms with Crippen molar-refractivity contribution in [2.24, 2.45) is 0 Å². The molecular formula is C20H30F3N3O2. The van der Waals surface area contributed by atoms with Crippen molar-refractivity contribution in [2.45, 2.75) is 39.0 Å². The number of carbonyl (C=O) groups excluding carboxylic acids is 1. The first-order valence-corrected chi connectivity index (χ1v) is 9.69. The van der Waals surface area contributed by atoms with E-state index in [9.17, 15) is 18.0 Å². The molecule has 8 heteroatoms. The van der Waals surface area contributed by atoms with E-state index < -0.39 is 12.8 Å². The number of aryl methyl sites for hydroxylation is 1. The largest absolute Gasteiger partial charge is 0.411 e. The first-order chi connectivity index (χ1) is 13.2. The van der Waals surface area contributed by atoms with Gasteiger partial charge in [-0.25, -0.2) is 0 Å². The van der Waals surface area contributed by atoms with Gasteiger partial charge >= 0.3 is 6.18 Å². The molecule has 1 unspecified atom stereocenters. The minimum absolute atomic E-state index is 0.00887. The van der Waals surface area contributed by atoms with Gasteiger partial charge in [0.05, 0.1) is 6.04 Å². The number of piperazine rings is 1. The third-order valence-electron chi connectivity index (χ3n) is 4.95. The quantitative estimate of drug-likeness (QED) is 0.646. The van der Waals surface area contributed by atoms with Gasteiger partial charge in [-0.2, -0.15) is 13.2 Å². The van der Waals surface area contributed by atoms with Crippen molar-refractivity contribution in [3.8, 4) is 0 Å². The lowest BCUT2D eigenvalue weighted by Crippen LogP contribution is -2.53. The molecule has 0 aromatic heterocycles. The number of halogens is 3. The van der Waals surface area contributed by atoms with Crippen molar-refractivity contribution in [2.75, 3.05) is 45.9 Å². The van der Waals surface area contributed by atoms with Crippen molar-refractivity contribution in [1.82, 2.24) is 15.1 Å². The number of ether oxygens (including phenoxy) is 1. The second-order valence-electron chi connectivity index (χ2n) is 7.28. The van der Waals surface area contributed by atoms with Crippen LogP contribution in [-0.2, 0) is 16.1 Å². The summed E-state index contributed by atoms with van der Waals surface area (Å²) >= 11 is 0. The molecule has 5 nitrogen and oxygen atoms in total. The van der Waals surface area contributed by atoms with Crippen molar-refractivity contribution in [1.29, 1.82) is 0 Å². The highest BCUT2D eigenvalue weighted by Gasteiger charge is 2.27. The van der Waals surface area contributed by atoms with E-state index in [1.807, 2.05) is 38.1 Å². The first-order valence-electron chi connectivity index (χ1n) is 9.69. The van der Waals surface area contributed by atoms with Crippen LogP contribution in [-0.4, -0.2) is 73.9 Å². The summed E-state index contributed by atoms with van der Waals surface area (Å²) in [4.78, 5) is 16.8. The van der Waals surface area contributed by atoms with Crippen LogP contribution in [0.5, 0.6) is 0 Å². The molecule has 1 heterocycles. The third kappa shape index (κ3) is 8.16. The summed E-state index contributed by atoms with van der Waals surface area (Å²) in [6.07, 6.45) is -3.69. The second-order valence-corrected chi connectivity index (χ2v) is 7.28.